The molecule has 0 aliphatic carbocycles. The molecule has 3 amide bonds. The Bertz CT molecular complexity index is 470. The molecule has 6 nitrogen and oxygen atoms in total. The number of anilines is 1. The number of hydrogen-bond donors (Lipinski definition) is 2. The molecule has 0 aromatic heterocycles. The quantitative estimate of drug-likeness (QED) is 0.897. The van der Waals surface area contributed by atoms with E-state index in [1.54, 1.807) is 4.90 Å². The van der Waals surface area contributed by atoms with Crippen molar-refractivity contribution in [2.24, 2.45) is 5.92 Å². The van der Waals surface area contributed by atoms with Gasteiger partial charge in [-0.05, 0) is 30.9 Å². The van der Waals surface area contributed by atoms with E-state index in [0.29, 0.717) is 25.6 Å². The van der Waals surface area contributed by atoms with Gasteiger partial charge in [-0.3, -0.25) is 0 Å². The van der Waals surface area contributed by atoms with Gasteiger partial charge in [0.05, 0.1) is 7.11 Å². The van der Waals surface area contributed by atoms with Crippen LogP contribution >= 0.6 is 0 Å². The molecule has 0 saturated carbocycles. The van der Waals surface area contributed by atoms with Crippen molar-refractivity contribution >= 4 is 17.8 Å². The van der Waals surface area contributed by atoms with Crippen LogP contribution in [-0.2, 0) is 4.74 Å². The number of rotatable bonds is 3. The van der Waals surface area contributed by atoms with Gasteiger partial charge in [-0.15, -0.1) is 0 Å². The molecule has 0 unspecified atom stereocenters. The summed E-state index contributed by atoms with van der Waals surface area (Å²) in [6.45, 7) is 1.98. The summed E-state index contributed by atoms with van der Waals surface area (Å²) in [5.74, 6) is 0.396. The smallest absolute Gasteiger partial charge is 0.409 e. The molecule has 1 aromatic rings. The lowest BCUT2D eigenvalue weighted by atomic mass is 9.97. The largest absolute Gasteiger partial charge is 0.453 e. The van der Waals surface area contributed by atoms with Gasteiger partial charge in [-0.2, -0.15) is 0 Å². The average Bonchev–Trinajstić information content (AvgIpc) is 2.53. The van der Waals surface area contributed by atoms with E-state index in [1.165, 1.54) is 7.11 Å². The first-order valence-electron chi connectivity index (χ1n) is 7.12. The molecular weight excluding hydrogens is 270 g/mol. The van der Waals surface area contributed by atoms with Crippen molar-refractivity contribution in [1.29, 1.82) is 0 Å². The maximum absolute atomic E-state index is 11.8. The number of para-hydroxylation sites is 1. The van der Waals surface area contributed by atoms with Crippen LogP contribution in [0.15, 0.2) is 30.3 Å². The van der Waals surface area contributed by atoms with Crippen LogP contribution in [0.1, 0.15) is 12.8 Å². The maximum Gasteiger partial charge on any atom is 0.409 e. The van der Waals surface area contributed by atoms with Crippen LogP contribution in [0.25, 0.3) is 0 Å². The number of methoxy groups -OCH3 is 1. The molecule has 0 spiro atoms. The van der Waals surface area contributed by atoms with E-state index in [-0.39, 0.29) is 12.1 Å². The van der Waals surface area contributed by atoms with Crippen LogP contribution in [0.2, 0.25) is 0 Å². The number of piperidine rings is 1. The van der Waals surface area contributed by atoms with Gasteiger partial charge in [0.15, 0.2) is 0 Å². The first-order chi connectivity index (χ1) is 10.2. The minimum Gasteiger partial charge on any atom is -0.453 e. The fourth-order valence-corrected chi connectivity index (χ4v) is 2.38. The van der Waals surface area contributed by atoms with Crippen molar-refractivity contribution in [2.75, 3.05) is 32.1 Å². The summed E-state index contributed by atoms with van der Waals surface area (Å²) in [6, 6.07) is 9.13. The fraction of sp³-hybridized carbons (Fsp3) is 0.467. The number of nitrogens with zero attached hydrogens (tertiary/aromatic N) is 1. The number of carbonyl (C=O) groups is 2. The summed E-state index contributed by atoms with van der Waals surface area (Å²) < 4.78 is 4.70. The molecule has 0 atom stereocenters. The van der Waals surface area contributed by atoms with Gasteiger partial charge in [-0.1, -0.05) is 18.2 Å². The summed E-state index contributed by atoms with van der Waals surface area (Å²) in [7, 11) is 1.39. The predicted octanol–water partition coefficient (Wildman–Crippen LogP) is 2.29. The summed E-state index contributed by atoms with van der Waals surface area (Å²) in [4.78, 5) is 24.8. The molecule has 1 heterocycles. The Labute approximate surface area is 124 Å². The van der Waals surface area contributed by atoms with Gasteiger partial charge < -0.3 is 20.3 Å². The lowest BCUT2D eigenvalue weighted by Crippen LogP contribution is -2.42. The highest BCUT2D eigenvalue weighted by Gasteiger charge is 2.23. The van der Waals surface area contributed by atoms with Gasteiger partial charge in [0, 0.05) is 25.3 Å². The topological polar surface area (TPSA) is 70.7 Å². The van der Waals surface area contributed by atoms with Crippen LogP contribution in [0, 0.1) is 5.92 Å². The van der Waals surface area contributed by atoms with Crippen LogP contribution in [0.4, 0.5) is 15.3 Å². The second kappa shape index (κ2) is 7.52. The van der Waals surface area contributed by atoms with Crippen LogP contribution in [-0.4, -0.2) is 43.8 Å². The molecular formula is C15H21N3O3. The molecule has 1 aromatic carbocycles. The average molecular weight is 291 g/mol. The van der Waals surface area contributed by atoms with Crippen LogP contribution < -0.4 is 10.6 Å². The highest BCUT2D eigenvalue weighted by Crippen LogP contribution is 2.17. The Hall–Kier alpha value is -2.24. The Morgan fingerprint density at radius 2 is 1.90 bits per heavy atom. The maximum atomic E-state index is 11.8. The normalized spacial score (nSPS) is 15.4. The second-order valence-electron chi connectivity index (χ2n) is 5.10. The molecule has 1 aliphatic rings. The zero-order valence-electron chi connectivity index (χ0n) is 12.2. The van der Waals surface area contributed by atoms with Crippen molar-refractivity contribution in [3.8, 4) is 0 Å². The highest BCUT2D eigenvalue weighted by atomic mass is 16.5. The number of ether oxygens (including phenoxy) is 1. The van der Waals surface area contributed by atoms with Gasteiger partial charge in [0.25, 0.3) is 0 Å². The monoisotopic (exact) mass is 291 g/mol. The number of benzene rings is 1. The first-order valence-corrected chi connectivity index (χ1v) is 7.12. The van der Waals surface area contributed by atoms with E-state index in [4.69, 9.17) is 4.74 Å². The number of nitrogens with one attached hydrogen (secondary N) is 2. The molecule has 0 bridgehead atoms. The third-order valence-electron chi connectivity index (χ3n) is 3.63. The Kier molecular flexibility index (Phi) is 5.43. The third kappa shape index (κ3) is 4.66. The second-order valence-corrected chi connectivity index (χ2v) is 5.10. The van der Waals surface area contributed by atoms with Gasteiger partial charge in [-0.25, -0.2) is 9.59 Å². The van der Waals surface area contributed by atoms with Crippen LogP contribution in [0.3, 0.4) is 0 Å². The predicted molar refractivity (Wildman–Crippen MR) is 80.2 cm³/mol. The molecule has 6 heteroatoms. The zero-order chi connectivity index (χ0) is 15.1. The molecule has 2 rings (SSSR count). The lowest BCUT2D eigenvalue weighted by Gasteiger charge is -2.30. The molecule has 2 N–H and O–H groups in total. The SMILES string of the molecule is COC(=O)N1CCC(CNC(=O)Nc2ccccc2)CC1. The van der Waals surface area contributed by atoms with Gasteiger partial charge in [0.2, 0.25) is 0 Å². The first kappa shape index (κ1) is 15.2. The van der Waals surface area contributed by atoms with E-state index in [1.807, 2.05) is 30.3 Å². The van der Waals surface area contributed by atoms with E-state index in [9.17, 15) is 9.59 Å². The minimum atomic E-state index is -0.275. The highest BCUT2D eigenvalue weighted by molar-refractivity contribution is 5.89. The number of amides is 3. The van der Waals surface area contributed by atoms with E-state index < -0.39 is 0 Å². The Balaban J connectivity index is 1.68. The van der Waals surface area contributed by atoms with Gasteiger partial charge in [0.1, 0.15) is 0 Å². The molecule has 1 saturated heterocycles. The summed E-state index contributed by atoms with van der Waals surface area (Å²) in [5, 5.41) is 5.66. The summed E-state index contributed by atoms with van der Waals surface area (Å²) >= 11 is 0. The Morgan fingerprint density at radius 1 is 1.24 bits per heavy atom. The fourth-order valence-electron chi connectivity index (χ4n) is 2.38. The molecule has 1 aliphatic heterocycles. The third-order valence-corrected chi connectivity index (χ3v) is 3.63. The standard InChI is InChI=1S/C15H21N3O3/c1-21-15(20)18-9-7-12(8-10-18)11-16-14(19)17-13-5-3-2-4-6-13/h2-6,12H,7-11H2,1H3,(H2,16,17,19). The molecule has 1 fully saturated rings. The summed E-state index contributed by atoms with van der Waals surface area (Å²) in [5.41, 5.74) is 0.774. The van der Waals surface area contributed by atoms with Crippen molar-refractivity contribution in [3.63, 3.8) is 0 Å². The summed E-state index contributed by atoms with van der Waals surface area (Å²) in [6.07, 6.45) is 1.48. The lowest BCUT2D eigenvalue weighted by molar-refractivity contribution is 0.106. The van der Waals surface area contributed by atoms with Crippen LogP contribution in [0.5, 0.6) is 0 Å². The van der Waals surface area contributed by atoms with E-state index >= 15 is 0 Å². The van der Waals surface area contributed by atoms with Crippen molar-refractivity contribution in [2.45, 2.75) is 12.8 Å². The Morgan fingerprint density at radius 3 is 2.52 bits per heavy atom. The molecule has 0 radical (unpaired) electrons. The molecule has 114 valence electrons. The van der Waals surface area contributed by atoms with Gasteiger partial charge >= 0.3 is 12.1 Å². The number of likely N-dealkylation sites (tertiary alicyclic amines) is 1. The van der Waals surface area contributed by atoms with Crippen molar-refractivity contribution in [3.05, 3.63) is 30.3 Å². The zero-order valence-corrected chi connectivity index (χ0v) is 12.2. The van der Waals surface area contributed by atoms with Crippen molar-refractivity contribution < 1.29 is 14.3 Å². The van der Waals surface area contributed by atoms with E-state index in [0.717, 1.165) is 18.5 Å². The number of urea groups is 1. The number of carbonyl (C=O) groups excluding carboxylic acids is 2. The number of hydrogen-bond acceptors (Lipinski definition) is 3. The molecule has 21 heavy (non-hydrogen) atoms. The van der Waals surface area contributed by atoms with Crippen molar-refractivity contribution in [1.82, 2.24) is 10.2 Å². The minimum absolute atomic E-state index is 0.198. The van der Waals surface area contributed by atoms with E-state index in [2.05, 4.69) is 10.6 Å².